The maximum Gasteiger partial charge on any atom is 0.237 e. The Morgan fingerprint density at radius 1 is 1.39 bits per heavy atom. The lowest BCUT2D eigenvalue weighted by Gasteiger charge is -2.31. The number of hydrogen-bond acceptors (Lipinski definition) is 5. The summed E-state index contributed by atoms with van der Waals surface area (Å²) >= 11 is 0. The molecule has 2 N–H and O–H groups in total. The van der Waals surface area contributed by atoms with Crippen molar-refractivity contribution in [1.29, 1.82) is 0 Å². The van der Waals surface area contributed by atoms with Crippen molar-refractivity contribution in [1.82, 2.24) is 14.9 Å². The second kappa shape index (κ2) is 5.44. The largest absolute Gasteiger partial charge is 0.343 e. The Bertz CT molecular complexity index is 413. The molecular formula is C11H22N4O2S. The minimum Gasteiger partial charge on any atom is -0.343 e. The van der Waals surface area contributed by atoms with Crippen LogP contribution in [0.1, 0.15) is 39.5 Å². The van der Waals surface area contributed by atoms with Crippen LogP contribution in [-0.4, -0.2) is 43.9 Å². The Morgan fingerprint density at radius 3 is 2.56 bits per heavy atom. The fourth-order valence-electron chi connectivity index (χ4n) is 2.28. The van der Waals surface area contributed by atoms with Gasteiger partial charge >= 0.3 is 0 Å². The van der Waals surface area contributed by atoms with Crippen molar-refractivity contribution in [3.63, 3.8) is 0 Å². The summed E-state index contributed by atoms with van der Waals surface area (Å²) in [4.78, 5) is 6.53. The van der Waals surface area contributed by atoms with Crippen molar-refractivity contribution < 1.29 is 8.42 Å². The number of sulfonamides is 1. The monoisotopic (exact) mass is 274 g/mol. The van der Waals surface area contributed by atoms with Gasteiger partial charge in [0.05, 0.1) is 18.6 Å². The van der Waals surface area contributed by atoms with E-state index in [4.69, 9.17) is 0 Å². The fourth-order valence-corrected chi connectivity index (χ4v) is 2.92. The summed E-state index contributed by atoms with van der Waals surface area (Å²) in [5.74, 6) is 0.373. The number of nitrogens with one attached hydrogen (secondary N) is 2. The van der Waals surface area contributed by atoms with Gasteiger partial charge in [0.2, 0.25) is 16.0 Å². The maximum atomic E-state index is 11.7. The zero-order valence-corrected chi connectivity index (χ0v) is 11.8. The van der Waals surface area contributed by atoms with Crippen LogP contribution >= 0.6 is 0 Å². The smallest absolute Gasteiger partial charge is 0.237 e. The summed E-state index contributed by atoms with van der Waals surface area (Å²) in [5.41, 5.74) is 0. The number of guanidine groups is 1. The van der Waals surface area contributed by atoms with E-state index in [9.17, 15) is 8.42 Å². The van der Waals surface area contributed by atoms with E-state index >= 15 is 0 Å². The highest BCUT2D eigenvalue weighted by Gasteiger charge is 2.26. The molecule has 2 aliphatic rings. The molecule has 0 bridgehead atoms. The first-order chi connectivity index (χ1) is 8.49. The first-order valence-corrected chi connectivity index (χ1v) is 8.07. The van der Waals surface area contributed by atoms with Crippen LogP contribution in [0.15, 0.2) is 4.99 Å². The Morgan fingerprint density at radius 2 is 2.06 bits per heavy atom. The van der Waals surface area contributed by atoms with Crippen LogP contribution in [0.5, 0.6) is 0 Å². The lowest BCUT2D eigenvalue weighted by Crippen LogP contribution is -2.53. The van der Waals surface area contributed by atoms with Gasteiger partial charge in [-0.25, -0.2) is 13.4 Å². The molecule has 6 nitrogen and oxygen atoms in total. The summed E-state index contributed by atoms with van der Waals surface area (Å²) in [6, 6.07) is 0.601. The van der Waals surface area contributed by atoms with Gasteiger partial charge in [-0.3, -0.25) is 9.62 Å². The van der Waals surface area contributed by atoms with Crippen molar-refractivity contribution in [3.05, 3.63) is 0 Å². The van der Waals surface area contributed by atoms with Crippen LogP contribution in [-0.2, 0) is 10.0 Å². The van der Waals surface area contributed by atoms with Gasteiger partial charge in [0.25, 0.3) is 0 Å². The Hall–Kier alpha value is -0.820. The van der Waals surface area contributed by atoms with E-state index in [0.29, 0.717) is 25.3 Å². The molecule has 0 aromatic carbocycles. The zero-order chi connectivity index (χ0) is 13.2. The first kappa shape index (κ1) is 13.6. The summed E-state index contributed by atoms with van der Waals surface area (Å²) in [7, 11) is -3.30. The van der Waals surface area contributed by atoms with Crippen LogP contribution in [0.2, 0.25) is 0 Å². The average molecular weight is 274 g/mol. The molecular weight excluding hydrogens is 252 g/mol. The highest BCUT2D eigenvalue weighted by Crippen LogP contribution is 2.23. The molecule has 1 aliphatic heterocycles. The van der Waals surface area contributed by atoms with Gasteiger partial charge in [0, 0.05) is 6.04 Å². The third-order valence-electron chi connectivity index (χ3n) is 3.56. The molecule has 1 aliphatic carbocycles. The molecule has 7 heteroatoms. The van der Waals surface area contributed by atoms with Gasteiger partial charge in [-0.2, -0.15) is 0 Å². The third-order valence-corrected chi connectivity index (χ3v) is 5.28. The molecule has 0 atom stereocenters. The Balaban J connectivity index is 1.90. The van der Waals surface area contributed by atoms with Crippen molar-refractivity contribution in [2.24, 2.45) is 4.99 Å². The molecule has 104 valence electrons. The lowest BCUT2D eigenvalue weighted by molar-refractivity contribution is 0.190. The number of aliphatic imine (C=N–C) groups is 1. The van der Waals surface area contributed by atoms with Crippen LogP contribution in [0.3, 0.4) is 0 Å². The molecule has 0 saturated heterocycles. The van der Waals surface area contributed by atoms with Crippen LogP contribution in [0.4, 0.5) is 0 Å². The second-order valence-corrected chi connectivity index (χ2v) is 7.44. The van der Waals surface area contributed by atoms with Crippen molar-refractivity contribution in [2.45, 2.75) is 50.8 Å². The number of rotatable bonds is 3. The first-order valence-electron chi connectivity index (χ1n) is 6.53. The van der Waals surface area contributed by atoms with Crippen LogP contribution < -0.4 is 10.0 Å². The van der Waals surface area contributed by atoms with E-state index in [0.717, 1.165) is 0 Å². The molecule has 0 spiro atoms. The van der Waals surface area contributed by atoms with Crippen molar-refractivity contribution >= 4 is 16.0 Å². The highest BCUT2D eigenvalue weighted by molar-refractivity contribution is 7.90. The summed E-state index contributed by atoms with van der Waals surface area (Å²) in [5, 5.41) is 2.59. The van der Waals surface area contributed by atoms with Gasteiger partial charge < -0.3 is 5.32 Å². The summed E-state index contributed by atoms with van der Waals surface area (Å²) in [6.07, 6.45) is 5.03. The van der Waals surface area contributed by atoms with Crippen LogP contribution in [0.25, 0.3) is 0 Å². The van der Waals surface area contributed by atoms with E-state index in [1.807, 2.05) is 0 Å². The molecule has 0 radical (unpaired) electrons. The summed E-state index contributed by atoms with van der Waals surface area (Å²) < 4.78 is 25.9. The van der Waals surface area contributed by atoms with Gasteiger partial charge in [-0.05, 0) is 26.7 Å². The van der Waals surface area contributed by atoms with Gasteiger partial charge in [0.1, 0.15) is 0 Å². The number of nitrogens with zero attached hydrogens (tertiary/aromatic N) is 2. The van der Waals surface area contributed by atoms with E-state index in [2.05, 4.69) is 19.9 Å². The predicted octanol–water partition coefficient (Wildman–Crippen LogP) is 0.433. The van der Waals surface area contributed by atoms with Gasteiger partial charge in [0.15, 0.2) is 0 Å². The normalized spacial score (nSPS) is 22.9. The molecule has 1 saturated carbocycles. The third kappa shape index (κ3) is 3.14. The minimum atomic E-state index is -3.30. The second-order valence-electron chi connectivity index (χ2n) is 5.21. The molecule has 0 aromatic heterocycles. The van der Waals surface area contributed by atoms with Gasteiger partial charge in [-0.1, -0.05) is 12.8 Å². The standard InChI is InChI=1S/C11H22N4O2S/c1-9(2)18(16,17)14-11-12-7-15(8-13-11)10-5-3-4-6-10/h9-10H,3-8H2,1-2H3,(H2,12,13,14). The van der Waals surface area contributed by atoms with E-state index in [-0.39, 0.29) is 0 Å². The zero-order valence-electron chi connectivity index (χ0n) is 11.0. The lowest BCUT2D eigenvalue weighted by atomic mass is 10.2. The Labute approximate surface area is 109 Å². The van der Waals surface area contributed by atoms with E-state index < -0.39 is 15.3 Å². The predicted molar refractivity (Wildman–Crippen MR) is 71.6 cm³/mol. The van der Waals surface area contributed by atoms with Crippen molar-refractivity contribution in [3.8, 4) is 0 Å². The van der Waals surface area contributed by atoms with E-state index in [1.165, 1.54) is 25.7 Å². The highest BCUT2D eigenvalue weighted by atomic mass is 32.2. The SMILES string of the molecule is CC(C)S(=O)(=O)NC1=NCN(C2CCCC2)CN1. The quantitative estimate of drug-likeness (QED) is 0.783. The summed E-state index contributed by atoms with van der Waals surface area (Å²) in [6.45, 7) is 4.55. The minimum absolute atomic E-state index is 0.373. The Kier molecular flexibility index (Phi) is 4.11. The molecule has 0 amide bonds. The van der Waals surface area contributed by atoms with E-state index in [1.54, 1.807) is 13.8 Å². The fraction of sp³-hybridized carbons (Fsp3) is 0.909. The number of hydrogen-bond donors (Lipinski definition) is 2. The van der Waals surface area contributed by atoms with Gasteiger partial charge in [-0.15, -0.1) is 0 Å². The van der Waals surface area contributed by atoms with Crippen molar-refractivity contribution in [2.75, 3.05) is 13.3 Å². The molecule has 18 heavy (non-hydrogen) atoms. The molecule has 0 unspecified atom stereocenters. The molecule has 1 heterocycles. The van der Waals surface area contributed by atoms with Crippen LogP contribution in [0, 0.1) is 0 Å². The maximum absolute atomic E-state index is 11.7. The molecule has 0 aromatic rings. The molecule has 2 rings (SSSR count). The topological polar surface area (TPSA) is 73.8 Å². The molecule has 1 fully saturated rings. The average Bonchev–Trinajstić information content (AvgIpc) is 2.83.